The van der Waals surface area contributed by atoms with Gasteiger partial charge in [0.15, 0.2) is 5.03 Å². The molecule has 2 rings (SSSR count). The molecule has 1 aliphatic rings. The molecule has 0 bridgehead atoms. The van der Waals surface area contributed by atoms with E-state index < -0.39 is 21.1 Å². The summed E-state index contributed by atoms with van der Waals surface area (Å²) in [6.45, 7) is -0.0409. The van der Waals surface area contributed by atoms with Gasteiger partial charge >= 0.3 is 6.18 Å². The second-order valence-corrected chi connectivity index (χ2v) is 6.35. The fourth-order valence-corrected chi connectivity index (χ4v) is 2.89. The molecule has 1 aliphatic heterocycles. The van der Waals surface area contributed by atoms with Gasteiger partial charge in [0.05, 0.1) is 12.1 Å². The third-order valence-electron chi connectivity index (χ3n) is 2.74. The molecular formula is C8H8ClF3N2O2S. The van der Waals surface area contributed by atoms with Crippen molar-refractivity contribution in [1.29, 1.82) is 0 Å². The summed E-state index contributed by atoms with van der Waals surface area (Å²) in [5.74, 6) is -1.36. The van der Waals surface area contributed by atoms with Crippen LogP contribution in [-0.4, -0.2) is 24.1 Å². The fourth-order valence-electron chi connectivity index (χ4n) is 1.88. The van der Waals surface area contributed by atoms with Crippen LogP contribution in [0.25, 0.3) is 0 Å². The van der Waals surface area contributed by atoms with Crippen molar-refractivity contribution in [1.82, 2.24) is 9.55 Å². The second-order valence-electron chi connectivity index (χ2n) is 3.83. The van der Waals surface area contributed by atoms with E-state index in [4.69, 9.17) is 10.7 Å². The van der Waals surface area contributed by atoms with Crippen molar-refractivity contribution in [3.8, 4) is 0 Å². The quantitative estimate of drug-likeness (QED) is 0.742. The SMILES string of the molecule is O=S(=O)(Cl)c1cnc2n1CCC(C(F)(F)F)C2. The average Bonchev–Trinajstić information content (AvgIpc) is 2.57. The number of aromatic nitrogens is 2. The standard InChI is InChI=1S/C8H8ClF3N2O2S/c9-17(15,16)7-4-13-6-3-5(8(10,11)12)1-2-14(6)7/h4-5H,1-3H2. The van der Waals surface area contributed by atoms with Crippen molar-refractivity contribution in [3.05, 3.63) is 12.0 Å². The third kappa shape index (κ3) is 2.42. The average molecular weight is 289 g/mol. The first-order chi connectivity index (χ1) is 7.69. The largest absolute Gasteiger partial charge is 0.392 e. The molecule has 0 N–H and O–H groups in total. The minimum atomic E-state index is -4.28. The predicted octanol–water partition coefficient (Wildman–Crippen LogP) is 1.94. The van der Waals surface area contributed by atoms with Crippen molar-refractivity contribution in [2.24, 2.45) is 5.92 Å². The van der Waals surface area contributed by atoms with Gasteiger partial charge in [0.1, 0.15) is 5.82 Å². The molecule has 0 fully saturated rings. The van der Waals surface area contributed by atoms with Crippen molar-refractivity contribution in [2.75, 3.05) is 0 Å². The van der Waals surface area contributed by atoms with E-state index in [0.29, 0.717) is 0 Å². The Balaban J connectivity index is 2.34. The summed E-state index contributed by atoms with van der Waals surface area (Å²) in [5, 5.41) is -0.241. The van der Waals surface area contributed by atoms with Gasteiger partial charge in [-0.1, -0.05) is 0 Å². The summed E-state index contributed by atoms with van der Waals surface area (Å²) in [4.78, 5) is 3.69. The van der Waals surface area contributed by atoms with Gasteiger partial charge in [0.25, 0.3) is 9.05 Å². The Hall–Kier alpha value is -0.760. The van der Waals surface area contributed by atoms with E-state index in [2.05, 4.69) is 4.98 Å². The van der Waals surface area contributed by atoms with E-state index in [-0.39, 0.29) is 30.2 Å². The molecular weight excluding hydrogens is 281 g/mol. The van der Waals surface area contributed by atoms with Gasteiger partial charge in [-0.25, -0.2) is 13.4 Å². The molecule has 0 saturated heterocycles. The highest BCUT2D eigenvalue weighted by Crippen LogP contribution is 2.35. The Bertz CT molecular complexity index is 537. The molecule has 0 radical (unpaired) electrons. The maximum absolute atomic E-state index is 12.5. The number of rotatable bonds is 1. The number of imidazole rings is 1. The Morgan fingerprint density at radius 1 is 1.47 bits per heavy atom. The maximum Gasteiger partial charge on any atom is 0.392 e. The summed E-state index contributed by atoms with van der Waals surface area (Å²) in [6.07, 6.45) is -3.75. The van der Waals surface area contributed by atoms with Gasteiger partial charge in [0.2, 0.25) is 0 Å². The Morgan fingerprint density at radius 3 is 2.65 bits per heavy atom. The molecule has 1 aromatic rings. The second kappa shape index (κ2) is 3.88. The summed E-state index contributed by atoms with van der Waals surface area (Å²) in [7, 11) is 1.19. The normalized spacial score (nSPS) is 21.3. The molecule has 1 unspecified atom stereocenters. The predicted molar refractivity (Wildman–Crippen MR) is 53.1 cm³/mol. The van der Waals surface area contributed by atoms with Gasteiger partial charge in [-0.15, -0.1) is 0 Å². The Morgan fingerprint density at radius 2 is 2.12 bits per heavy atom. The number of fused-ring (bicyclic) bond motifs is 1. The zero-order valence-corrected chi connectivity index (χ0v) is 9.98. The number of nitrogens with zero attached hydrogens (tertiary/aromatic N) is 2. The Labute approximate surface area is 99.8 Å². The molecule has 0 saturated carbocycles. The van der Waals surface area contributed by atoms with Crippen molar-refractivity contribution in [3.63, 3.8) is 0 Å². The molecule has 9 heteroatoms. The van der Waals surface area contributed by atoms with Gasteiger partial charge in [-0.2, -0.15) is 13.2 Å². The summed E-state index contributed by atoms with van der Waals surface area (Å²) in [5.41, 5.74) is 0. The van der Waals surface area contributed by atoms with Gasteiger partial charge < -0.3 is 4.57 Å². The van der Waals surface area contributed by atoms with Crippen LogP contribution in [0.1, 0.15) is 12.2 Å². The van der Waals surface area contributed by atoms with Crippen LogP contribution in [0.4, 0.5) is 13.2 Å². The van der Waals surface area contributed by atoms with E-state index in [1.165, 1.54) is 4.57 Å². The molecule has 2 heterocycles. The van der Waals surface area contributed by atoms with Crippen molar-refractivity contribution >= 4 is 19.7 Å². The number of hydrogen-bond donors (Lipinski definition) is 0. The van der Waals surface area contributed by atoms with Crippen LogP contribution in [0.3, 0.4) is 0 Å². The highest BCUT2D eigenvalue weighted by Gasteiger charge is 2.42. The van der Waals surface area contributed by atoms with E-state index in [9.17, 15) is 21.6 Å². The van der Waals surface area contributed by atoms with Gasteiger partial charge in [0, 0.05) is 23.6 Å². The van der Waals surface area contributed by atoms with Gasteiger partial charge in [-0.05, 0) is 6.42 Å². The zero-order chi connectivity index (χ0) is 12.8. The van der Waals surface area contributed by atoms with Crippen molar-refractivity contribution < 1.29 is 21.6 Å². The summed E-state index contributed by atoms with van der Waals surface area (Å²) in [6, 6.07) is 0. The highest BCUT2D eigenvalue weighted by atomic mass is 35.7. The van der Waals surface area contributed by atoms with E-state index in [0.717, 1.165) is 6.20 Å². The van der Waals surface area contributed by atoms with Crippen LogP contribution >= 0.6 is 10.7 Å². The molecule has 96 valence electrons. The van der Waals surface area contributed by atoms with Crippen LogP contribution in [0, 0.1) is 5.92 Å². The lowest BCUT2D eigenvalue weighted by atomic mass is 9.97. The topological polar surface area (TPSA) is 52.0 Å². The zero-order valence-electron chi connectivity index (χ0n) is 8.41. The lowest BCUT2D eigenvalue weighted by Crippen LogP contribution is -2.31. The lowest BCUT2D eigenvalue weighted by molar-refractivity contribution is -0.179. The molecule has 0 aromatic carbocycles. The highest BCUT2D eigenvalue weighted by molar-refractivity contribution is 8.13. The van der Waals surface area contributed by atoms with E-state index >= 15 is 0 Å². The molecule has 1 aromatic heterocycles. The van der Waals surface area contributed by atoms with Crippen LogP contribution in [0.2, 0.25) is 0 Å². The molecule has 4 nitrogen and oxygen atoms in total. The number of alkyl halides is 3. The first kappa shape index (κ1) is 12.7. The first-order valence-electron chi connectivity index (χ1n) is 4.75. The number of halogens is 4. The smallest absolute Gasteiger partial charge is 0.318 e. The van der Waals surface area contributed by atoms with E-state index in [1.54, 1.807) is 0 Å². The molecule has 1 atom stereocenters. The number of hydrogen-bond acceptors (Lipinski definition) is 3. The van der Waals surface area contributed by atoms with Crippen molar-refractivity contribution in [2.45, 2.75) is 30.6 Å². The monoisotopic (exact) mass is 288 g/mol. The van der Waals surface area contributed by atoms with Crippen LogP contribution in [0.15, 0.2) is 11.2 Å². The van der Waals surface area contributed by atoms with Crippen LogP contribution in [0.5, 0.6) is 0 Å². The van der Waals surface area contributed by atoms with Crippen LogP contribution in [-0.2, 0) is 22.0 Å². The fraction of sp³-hybridized carbons (Fsp3) is 0.625. The molecule has 0 amide bonds. The lowest BCUT2D eigenvalue weighted by Gasteiger charge is -2.25. The summed E-state index contributed by atoms with van der Waals surface area (Å²) < 4.78 is 61.0. The molecule has 0 spiro atoms. The minimum Gasteiger partial charge on any atom is -0.318 e. The van der Waals surface area contributed by atoms with Gasteiger partial charge in [-0.3, -0.25) is 0 Å². The van der Waals surface area contributed by atoms with E-state index in [1.807, 2.05) is 0 Å². The molecule has 17 heavy (non-hydrogen) atoms. The third-order valence-corrected chi connectivity index (χ3v) is 4.04. The minimum absolute atomic E-state index is 0.0409. The summed E-state index contributed by atoms with van der Waals surface area (Å²) >= 11 is 0. The first-order valence-corrected chi connectivity index (χ1v) is 7.06. The molecule has 0 aliphatic carbocycles. The van der Waals surface area contributed by atoms with Crippen LogP contribution < -0.4 is 0 Å². The maximum atomic E-state index is 12.5. The Kier molecular flexibility index (Phi) is 2.89.